The first-order chi connectivity index (χ1) is 41.1. The van der Waals surface area contributed by atoms with Crippen molar-refractivity contribution in [1.82, 2.24) is 14.1 Å². The molecule has 4 heterocycles. The van der Waals surface area contributed by atoms with Crippen molar-refractivity contribution in [1.29, 1.82) is 0 Å². The van der Waals surface area contributed by atoms with E-state index in [4.69, 9.17) is 22.1 Å². The van der Waals surface area contributed by atoms with Gasteiger partial charge in [-0.3, -0.25) is 4.57 Å². The molecule has 0 spiro atoms. The summed E-state index contributed by atoms with van der Waals surface area (Å²) in [5, 5.41) is 1.93. The maximum atomic E-state index is 10.4. The molecule has 1 aliphatic rings. The number of ether oxygens (including phenoxy) is 1. The molecule has 0 fully saturated rings. The van der Waals surface area contributed by atoms with E-state index in [1.807, 2.05) is 81.4 Å². The zero-order chi connectivity index (χ0) is 65.1. The van der Waals surface area contributed by atoms with Crippen molar-refractivity contribution in [3.05, 3.63) is 186 Å². The monoisotopic (exact) mass is 924 g/mol. The van der Waals surface area contributed by atoms with Gasteiger partial charge in [0.1, 0.15) is 28.7 Å². The van der Waals surface area contributed by atoms with Gasteiger partial charge >= 0.3 is 0 Å². The van der Waals surface area contributed by atoms with Gasteiger partial charge in [0.15, 0.2) is 11.0 Å². The van der Waals surface area contributed by atoms with Crippen LogP contribution in [0.1, 0.15) is 132 Å². The standard InChI is InChI=1S/C64H63N4O/c1-61(2,3)40-30-31-65-58(36-40)68-55-26-18-17-24-50(55)51-29-28-44(38-57(51)68)69-45-33-41(62(4,5)6)32-43(37-45)66-39-67-59-53(34-42(63(7,8)9)35-54(59)64(10,11)12)49-23-16-14-21-47(49)46-20-13-15-22-48(46)52-25-19-27-56(66)60(52)67/h13-39H,1-12H3/q+1/i7D3,8D3,9D3,10D3,11D3,12D3,34D,35D. The first kappa shape index (κ1) is 27.1. The van der Waals surface area contributed by atoms with Crippen molar-refractivity contribution in [2.24, 2.45) is 0 Å². The molecule has 0 aliphatic carbocycles. The first-order valence-electron chi connectivity index (χ1n) is 32.9. The van der Waals surface area contributed by atoms with Crippen LogP contribution in [0.15, 0.2) is 164 Å². The molecule has 1 aliphatic heterocycles. The summed E-state index contributed by atoms with van der Waals surface area (Å²) >= 11 is 0. The molecule has 0 bridgehead atoms. The highest BCUT2D eigenvalue weighted by molar-refractivity contribution is 6.09. The summed E-state index contributed by atoms with van der Waals surface area (Å²) in [5.41, 5.74) is -8.03. The van der Waals surface area contributed by atoms with Gasteiger partial charge in [-0.1, -0.05) is 161 Å². The number of benzene rings is 7. The van der Waals surface area contributed by atoms with Crippen LogP contribution in [-0.2, 0) is 21.7 Å². The van der Waals surface area contributed by atoms with Crippen LogP contribution in [-0.4, -0.2) is 14.1 Å². The van der Waals surface area contributed by atoms with Crippen LogP contribution >= 0.6 is 0 Å². The Kier molecular flexibility index (Phi) is 6.14. The molecule has 11 rings (SSSR count). The van der Waals surface area contributed by atoms with Gasteiger partial charge in [0.2, 0.25) is 0 Å². The molecule has 69 heavy (non-hydrogen) atoms. The number of aromatic nitrogens is 4. The molecule has 0 N–H and O–H groups in total. The van der Waals surface area contributed by atoms with Gasteiger partial charge < -0.3 is 4.74 Å². The molecule has 3 aromatic heterocycles. The van der Waals surface area contributed by atoms with E-state index in [1.165, 1.54) is 23.0 Å². The molecule has 0 radical (unpaired) electrons. The van der Waals surface area contributed by atoms with E-state index in [0.29, 0.717) is 45.2 Å². The summed E-state index contributed by atoms with van der Waals surface area (Å²) in [7, 11) is 0. The molecule has 344 valence electrons. The van der Waals surface area contributed by atoms with Gasteiger partial charge in [0.05, 0.1) is 13.8 Å². The topological polar surface area (TPSA) is 35.9 Å². The molecule has 0 amide bonds. The molecule has 7 aromatic carbocycles. The van der Waals surface area contributed by atoms with Gasteiger partial charge in [-0.25, -0.2) is 4.98 Å². The Morgan fingerprint density at radius 1 is 0.507 bits per heavy atom. The second kappa shape index (κ2) is 15.6. The van der Waals surface area contributed by atoms with E-state index >= 15 is 0 Å². The molecule has 10 aromatic rings. The third-order valence-corrected chi connectivity index (χ3v) is 13.2. The Balaban J connectivity index is 1.30. The molecule has 0 saturated heterocycles. The van der Waals surface area contributed by atoms with Crippen molar-refractivity contribution in [3.63, 3.8) is 0 Å². The van der Waals surface area contributed by atoms with E-state index in [2.05, 4.69) is 31.4 Å². The summed E-state index contributed by atoms with van der Waals surface area (Å²) in [4.78, 5) is 4.85. The van der Waals surface area contributed by atoms with Crippen LogP contribution in [0.5, 0.6) is 11.5 Å². The van der Waals surface area contributed by atoms with Gasteiger partial charge in [-0.2, -0.15) is 9.13 Å². The molecule has 5 heteroatoms. The molecule has 0 saturated carbocycles. The zero-order valence-corrected chi connectivity index (χ0v) is 39.1. The van der Waals surface area contributed by atoms with Crippen LogP contribution in [0, 0.1) is 0 Å². The Morgan fingerprint density at radius 2 is 1.13 bits per heavy atom. The van der Waals surface area contributed by atoms with E-state index in [9.17, 15) is 15.1 Å². The Morgan fingerprint density at radius 3 is 1.83 bits per heavy atom. The Hall–Kier alpha value is -7.24. The van der Waals surface area contributed by atoms with Crippen molar-refractivity contribution in [2.45, 2.75) is 104 Å². The van der Waals surface area contributed by atoms with Gasteiger partial charge in [-0.05, 0) is 121 Å². The van der Waals surface area contributed by atoms with E-state index in [0.717, 1.165) is 32.9 Å². The lowest BCUT2D eigenvalue weighted by Gasteiger charge is -2.28. The number of imidazole rings is 1. The highest BCUT2D eigenvalue weighted by atomic mass is 16.5. The predicted octanol–water partition coefficient (Wildman–Crippen LogP) is 16.7. The molecular formula is C64H63N4O+. The summed E-state index contributed by atoms with van der Waals surface area (Å²) in [6, 6.07) is 38.7. The number of para-hydroxylation sites is 2. The van der Waals surface area contributed by atoms with Crippen molar-refractivity contribution in [3.8, 4) is 62.1 Å². The summed E-state index contributed by atoms with van der Waals surface area (Å²) in [6.45, 7) is -13.0. The fourth-order valence-corrected chi connectivity index (χ4v) is 9.73. The molecule has 0 atom stereocenters. The van der Waals surface area contributed by atoms with Gasteiger partial charge in [0.25, 0.3) is 6.33 Å². The second-order valence-electron chi connectivity index (χ2n) is 20.1. The largest absolute Gasteiger partial charge is 0.457 e. The van der Waals surface area contributed by atoms with Crippen LogP contribution in [0.3, 0.4) is 0 Å². The smallest absolute Gasteiger partial charge is 0.255 e. The number of rotatable bonds is 4. The fraction of sp³-hybridized carbons (Fsp3) is 0.250. The van der Waals surface area contributed by atoms with Crippen LogP contribution in [0.4, 0.5) is 0 Å². The second-order valence-corrected chi connectivity index (χ2v) is 20.1. The van der Waals surface area contributed by atoms with Crippen LogP contribution in [0.2, 0.25) is 0 Å². The van der Waals surface area contributed by atoms with E-state index in [-0.39, 0.29) is 22.1 Å². The minimum absolute atomic E-state index is 0.117. The van der Waals surface area contributed by atoms with Crippen molar-refractivity contribution >= 4 is 32.8 Å². The Bertz CT molecular complexity index is 4430. The number of nitrogens with zero attached hydrogens (tertiary/aromatic N) is 4. The highest BCUT2D eigenvalue weighted by Gasteiger charge is 2.35. The average Bonchev–Trinajstić information content (AvgIpc) is 1.34. The number of hydrogen-bond donors (Lipinski definition) is 0. The SMILES string of the molecule is [2H]c1c2c(c(C(C([2H])([2H])[2H])(C([2H])([2H])[2H])C([2H])([2H])[2H])c([2H])c1C(C([2H])([2H])[2H])(C([2H])([2H])[2H])C([2H])([2H])[2H])-[n+]1cn(-c3cc(Oc4ccc5c6ccccc6n(-c6cc(C(C)(C)C)ccn6)c5c4)cc(C(C)(C)C)c3)c3cccc(c31)-c1ccccc1-c1ccccc1-2. The van der Waals surface area contributed by atoms with Gasteiger partial charge in [-0.15, -0.1) is 0 Å². The highest BCUT2D eigenvalue weighted by Crippen LogP contribution is 2.47. The summed E-state index contributed by atoms with van der Waals surface area (Å²) in [5.74, 6) is 1.48. The minimum atomic E-state index is -4.28. The zero-order valence-electron chi connectivity index (χ0n) is 59.1. The maximum absolute atomic E-state index is 10.4. The molecular weight excluding hydrogens is 841 g/mol. The molecule has 0 unspecified atom stereocenters. The van der Waals surface area contributed by atoms with Gasteiger partial charge in [0, 0.05) is 70.5 Å². The lowest BCUT2D eigenvalue weighted by Crippen LogP contribution is -2.35. The quantitative estimate of drug-likeness (QED) is 0.165. The average molecular weight is 924 g/mol. The molecule has 5 nitrogen and oxygen atoms in total. The summed E-state index contributed by atoms with van der Waals surface area (Å²) < 4.78 is 196. The minimum Gasteiger partial charge on any atom is -0.457 e. The van der Waals surface area contributed by atoms with E-state index < -0.39 is 91.8 Å². The lowest BCUT2D eigenvalue weighted by molar-refractivity contribution is -0.567. The lowest BCUT2D eigenvalue weighted by atomic mass is 9.77. The Labute approximate surface area is 435 Å². The fourth-order valence-electron chi connectivity index (χ4n) is 9.73. The van der Waals surface area contributed by atoms with Crippen LogP contribution < -0.4 is 9.30 Å². The van der Waals surface area contributed by atoms with E-state index in [1.54, 1.807) is 71.4 Å². The van der Waals surface area contributed by atoms with Crippen molar-refractivity contribution in [2.75, 3.05) is 0 Å². The van der Waals surface area contributed by atoms with Crippen molar-refractivity contribution < 1.29 is 36.7 Å². The summed E-state index contributed by atoms with van der Waals surface area (Å²) in [6.07, 6.45) is 3.21. The third kappa shape index (κ3) is 7.54. The first-order valence-corrected chi connectivity index (χ1v) is 22.9. The predicted molar refractivity (Wildman–Crippen MR) is 288 cm³/mol. The maximum Gasteiger partial charge on any atom is 0.255 e. The van der Waals surface area contributed by atoms with Crippen LogP contribution in [0.25, 0.3) is 83.4 Å². The normalized spacial score (nSPS) is 18.3. The third-order valence-electron chi connectivity index (χ3n) is 13.2. The number of fused-ring (bicyclic) bond motifs is 10. The number of pyridine rings is 1. The number of hydrogen-bond acceptors (Lipinski definition) is 2.